The van der Waals surface area contributed by atoms with Gasteiger partial charge in [0, 0.05) is 10.6 Å². The van der Waals surface area contributed by atoms with Gasteiger partial charge in [0.05, 0.1) is 11.9 Å². The van der Waals surface area contributed by atoms with Crippen LogP contribution in [-0.2, 0) is 0 Å². The third-order valence-electron chi connectivity index (χ3n) is 1.65. The summed E-state index contributed by atoms with van der Waals surface area (Å²) in [6, 6.07) is 7.31. The third-order valence-corrected chi connectivity index (χ3v) is 2.05. The zero-order chi connectivity index (χ0) is 9.97. The summed E-state index contributed by atoms with van der Waals surface area (Å²) in [5.41, 5.74) is 1.53. The van der Waals surface area contributed by atoms with Gasteiger partial charge in [-0.3, -0.25) is 0 Å². The Balaban J connectivity index is 2.49. The molecule has 0 saturated heterocycles. The molecule has 0 aliphatic carbocycles. The van der Waals surface area contributed by atoms with Gasteiger partial charge in [-0.2, -0.15) is 5.10 Å². The average molecular weight is 226 g/mol. The van der Waals surface area contributed by atoms with E-state index in [9.17, 15) is 0 Å². The Hall–Kier alpha value is -1.19. The van der Waals surface area contributed by atoms with Crippen LogP contribution in [0, 0.1) is 0 Å². The monoisotopic (exact) mass is 225 g/mol. The second-order valence-electron chi connectivity index (χ2n) is 2.62. The van der Waals surface area contributed by atoms with Crippen LogP contribution in [0.5, 0.6) is 0 Å². The lowest BCUT2D eigenvalue weighted by molar-refractivity contribution is 0.975. The summed E-state index contributed by atoms with van der Waals surface area (Å²) < 4.78 is 0. The topological polar surface area (TPSA) is 38.7 Å². The van der Waals surface area contributed by atoms with Crippen LogP contribution in [0.3, 0.4) is 0 Å². The minimum Gasteiger partial charge on any atom is -0.215 e. The summed E-state index contributed by atoms with van der Waals surface area (Å²) in [5, 5.41) is 8.04. The van der Waals surface area contributed by atoms with Gasteiger partial charge in [0.15, 0.2) is 0 Å². The lowest BCUT2D eigenvalue weighted by Crippen LogP contribution is -1.89. The van der Waals surface area contributed by atoms with E-state index in [1.807, 2.05) is 12.1 Å². The summed E-state index contributed by atoms with van der Waals surface area (Å²) in [6.45, 7) is 0. The number of benzene rings is 1. The second kappa shape index (κ2) is 3.90. The molecule has 0 atom stereocenters. The number of rotatable bonds is 1. The normalized spacial score (nSPS) is 10.1. The molecule has 5 heteroatoms. The summed E-state index contributed by atoms with van der Waals surface area (Å²) in [7, 11) is 0. The Morgan fingerprint density at radius 2 is 2.00 bits per heavy atom. The third kappa shape index (κ3) is 2.00. The van der Waals surface area contributed by atoms with Gasteiger partial charge in [0.2, 0.25) is 5.28 Å². The van der Waals surface area contributed by atoms with Gasteiger partial charge in [0.1, 0.15) is 0 Å². The molecule has 1 aromatic heterocycles. The van der Waals surface area contributed by atoms with Gasteiger partial charge >= 0.3 is 0 Å². The molecule has 14 heavy (non-hydrogen) atoms. The fourth-order valence-corrected chi connectivity index (χ4v) is 1.39. The fourth-order valence-electron chi connectivity index (χ4n) is 1.07. The van der Waals surface area contributed by atoms with Crippen LogP contribution in [-0.4, -0.2) is 15.2 Å². The first-order chi connectivity index (χ1) is 6.75. The molecule has 0 aliphatic heterocycles. The van der Waals surface area contributed by atoms with Crippen molar-refractivity contribution in [2.45, 2.75) is 0 Å². The molecule has 0 N–H and O–H groups in total. The van der Waals surface area contributed by atoms with Crippen LogP contribution in [0.25, 0.3) is 11.3 Å². The molecule has 1 aromatic carbocycles. The predicted molar refractivity (Wildman–Crippen MR) is 55.3 cm³/mol. The largest absolute Gasteiger partial charge is 0.243 e. The molecule has 2 aromatic rings. The highest BCUT2D eigenvalue weighted by atomic mass is 35.5. The summed E-state index contributed by atoms with van der Waals surface area (Å²) in [5.74, 6) is 0. The molecule has 0 unspecified atom stereocenters. The molecule has 0 spiro atoms. The molecule has 0 bridgehead atoms. The highest BCUT2D eigenvalue weighted by Crippen LogP contribution is 2.20. The van der Waals surface area contributed by atoms with E-state index < -0.39 is 0 Å². The number of hydrogen-bond acceptors (Lipinski definition) is 3. The first-order valence-corrected chi connectivity index (χ1v) is 4.62. The molecule has 0 amide bonds. The first kappa shape index (κ1) is 9.37. The van der Waals surface area contributed by atoms with Crippen molar-refractivity contribution in [1.82, 2.24) is 15.2 Å². The van der Waals surface area contributed by atoms with Gasteiger partial charge in [-0.15, -0.1) is 5.10 Å². The van der Waals surface area contributed by atoms with Crippen LogP contribution in [0.4, 0.5) is 0 Å². The van der Waals surface area contributed by atoms with Crippen LogP contribution in [0.2, 0.25) is 10.3 Å². The Kier molecular flexibility index (Phi) is 2.61. The second-order valence-corrected chi connectivity index (χ2v) is 3.40. The minimum absolute atomic E-state index is 0.127. The van der Waals surface area contributed by atoms with Crippen molar-refractivity contribution in [2.24, 2.45) is 0 Å². The Morgan fingerprint density at radius 1 is 1.14 bits per heavy atom. The molecule has 3 nitrogen and oxygen atoms in total. The molecule has 0 fully saturated rings. The quantitative estimate of drug-likeness (QED) is 0.750. The van der Waals surface area contributed by atoms with Gasteiger partial charge in [-0.25, -0.2) is 4.98 Å². The van der Waals surface area contributed by atoms with Crippen molar-refractivity contribution in [2.75, 3.05) is 0 Å². The van der Waals surface area contributed by atoms with Gasteiger partial charge in [-0.1, -0.05) is 23.7 Å². The Labute approximate surface area is 90.7 Å². The molecule has 0 aliphatic rings. The number of aromatic nitrogens is 3. The molecule has 0 radical (unpaired) electrons. The molecule has 0 saturated carbocycles. The van der Waals surface area contributed by atoms with Crippen molar-refractivity contribution in [3.63, 3.8) is 0 Å². The van der Waals surface area contributed by atoms with Crippen LogP contribution >= 0.6 is 23.2 Å². The number of nitrogens with zero attached hydrogens (tertiary/aromatic N) is 3. The summed E-state index contributed by atoms with van der Waals surface area (Å²) >= 11 is 11.5. The van der Waals surface area contributed by atoms with E-state index in [1.54, 1.807) is 12.1 Å². The highest BCUT2D eigenvalue weighted by Gasteiger charge is 2.01. The van der Waals surface area contributed by atoms with Gasteiger partial charge in [0.25, 0.3) is 0 Å². The first-order valence-electron chi connectivity index (χ1n) is 3.87. The Bertz CT molecular complexity index is 416. The van der Waals surface area contributed by atoms with E-state index in [0.29, 0.717) is 10.7 Å². The van der Waals surface area contributed by atoms with E-state index in [1.165, 1.54) is 6.20 Å². The van der Waals surface area contributed by atoms with Crippen LogP contribution < -0.4 is 0 Å². The maximum Gasteiger partial charge on any atom is 0.243 e. The fraction of sp³-hybridized carbons (Fsp3) is 0. The predicted octanol–water partition coefficient (Wildman–Crippen LogP) is 2.85. The summed E-state index contributed by atoms with van der Waals surface area (Å²) in [6.07, 6.45) is 1.54. The zero-order valence-electron chi connectivity index (χ0n) is 6.98. The SMILES string of the molecule is Clc1cccc(-c2cnnc(Cl)n2)c1. The van der Waals surface area contributed by atoms with Gasteiger partial charge < -0.3 is 0 Å². The van der Waals surface area contributed by atoms with E-state index in [4.69, 9.17) is 23.2 Å². The standard InChI is InChI=1S/C9H5Cl2N3/c10-7-3-1-2-6(4-7)8-5-12-14-9(11)13-8/h1-5H. The van der Waals surface area contributed by atoms with E-state index in [2.05, 4.69) is 15.2 Å². The minimum atomic E-state index is 0.127. The number of halogens is 2. The van der Waals surface area contributed by atoms with Gasteiger partial charge in [-0.05, 0) is 23.7 Å². The molecule has 2 rings (SSSR count). The molecule has 1 heterocycles. The van der Waals surface area contributed by atoms with E-state index >= 15 is 0 Å². The maximum absolute atomic E-state index is 5.84. The van der Waals surface area contributed by atoms with Crippen molar-refractivity contribution in [3.8, 4) is 11.3 Å². The average Bonchev–Trinajstić information content (AvgIpc) is 2.18. The Morgan fingerprint density at radius 3 is 2.71 bits per heavy atom. The van der Waals surface area contributed by atoms with Crippen LogP contribution in [0.15, 0.2) is 30.5 Å². The number of hydrogen-bond donors (Lipinski definition) is 0. The molecular weight excluding hydrogens is 221 g/mol. The van der Waals surface area contributed by atoms with Crippen LogP contribution in [0.1, 0.15) is 0 Å². The lowest BCUT2D eigenvalue weighted by Gasteiger charge is -1.99. The van der Waals surface area contributed by atoms with Crippen molar-refractivity contribution in [1.29, 1.82) is 0 Å². The van der Waals surface area contributed by atoms with Crippen molar-refractivity contribution in [3.05, 3.63) is 40.8 Å². The zero-order valence-corrected chi connectivity index (χ0v) is 8.50. The lowest BCUT2D eigenvalue weighted by atomic mass is 10.2. The smallest absolute Gasteiger partial charge is 0.215 e. The molecule has 70 valence electrons. The van der Waals surface area contributed by atoms with Crippen molar-refractivity contribution >= 4 is 23.2 Å². The summed E-state index contributed by atoms with van der Waals surface area (Å²) in [4.78, 5) is 4.02. The van der Waals surface area contributed by atoms with E-state index in [0.717, 1.165) is 5.56 Å². The van der Waals surface area contributed by atoms with Crippen molar-refractivity contribution < 1.29 is 0 Å². The maximum atomic E-state index is 5.84. The van der Waals surface area contributed by atoms with E-state index in [-0.39, 0.29) is 5.28 Å². The molecular formula is C9H5Cl2N3. The highest BCUT2D eigenvalue weighted by molar-refractivity contribution is 6.30.